The molecule has 37 heavy (non-hydrogen) atoms. The van der Waals surface area contributed by atoms with E-state index in [-0.39, 0.29) is 11.5 Å². The topological polar surface area (TPSA) is 113 Å². The van der Waals surface area contributed by atoms with Crippen molar-refractivity contribution in [1.29, 1.82) is 0 Å². The molecule has 3 N–H and O–H groups in total. The number of aryl methyl sites for hydroxylation is 2. The first kappa shape index (κ1) is 28.8. The Morgan fingerprint density at radius 1 is 1.24 bits per heavy atom. The van der Waals surface area contributed by atoms with Gasteiger partial charge in [0.05, 0.1) is 11.8 Å². The van der Waals surface area contributed by atoms with Gasteiger partial charge < -0.3 is 25.4 Å². The molecule has 0 amide bonds. The molecule has 0 saturated heterocycles. The molecule has 3 heterocycles. The van der Waals surface area contributed by atoms with E-state index in [4.69, 9.17) is 9.72 Å². The van der Waals surface area contributed by atoms with Crippen LogP contribution in [0.5, 0.6) is 0 Å². The Hall–Kier alpha value is -2.78. The Bertz CT molecular complexity index is 1010. The minimum Gasteiger partial charge on any atom is -0.480 e. The maximum Gasteiger partial charge on any atom is 0.326 e. The molecule has 9 heteroatoms. The number of unbranched alkanes of at least 4 members (excludes halogenated alkanes) is 1. The molecular weight excluding hydrogens is 468 g/mol. The lowest BCUT2D eigenvalue weighted by atomic mass is 9.92. The average Bonchev–Trinajstić information content (AvgIpc) is 2.88. The number of rotatable bonds is 14. The zero-order chi connectivity index (χ0) is 26.8. The number of pyridine rings is 1. The number of carboxylic acid groups (broad SMARTS) is 1. The van der Waals surface area contributed by atoms with Crippen molar-refractivity contribution < 1.29 is 14.6 Å². The van der Waals surface area contributed by atoms with E-state index in [0.717, 1.165) is 62.5 Å². The van der Waals surface area contributed by atoms with Crippen molar-refractivity contribution in [2.75, 3.05) is 43.9 Å². The molecule has 0 aromatic carbocycles. The molecule has 1 aliphatic rings. The molecule has 0 aliphatic carbocycles. The molecule has 2 atom stereocenters. The molecule has 9 nitrogen and oxygen atoms in total. The second kappa shape index (κ2) is 13.7. The summed E-state index contributed by atoms with van der Waals surface area (Å²) in [4.78, 5) is 27.7. The molecule has 2 aromatic heterocycles. The van der Waals surface area contributed by atoms with Crippen molar-refractivity contribution in [3.63, 3.8) is 0 Å². The zero-order valence-electron chi connectivity index (χ0n) is 23.1. The van der Waals surface area contributed by atoms with Crippen molar-refractivity contribution >= 4 is 17.6 Å². The van der Waals surface area contributed by atoms with Crippen LogP contribution in [-0.4, -0.2) is 76.4 Å². The molecule has 0 spiro atoms. The number of anilines is 2. The largest absolute Gasteiger partial charge is 0.480 e. The van der Waals surface area contributed by atoms with Crippen LogP contribution in [0.1, 0.15) is 70.3 Å². The van der Waals surface area contributed by atoms with E-state index >= 15 is 0 Å². The first-order valence-corrected chi connectivity index (χ1v) is 13.5. The molecule has 0 radical (unpaired) electrons. The van der Waals surface area contributed by atoms with Crippen LogP contribution in [0.25, 0.3) is 0 Å². The summed E-state index contributed by atoms with van der Waals surface area (Å²) in [6, 6.07) is 5.45. The maximum absolute atomic E-state index is 12.0. The van der Waals surface area contributed by atoms with Gasteiger partial charge in [0.25, 0.3) is 0 Å². The van der Waals surface area contributed by atoms with Crippen molar-refractivity contribution in [2.24, 2.45) is 0 Å². The quantitative estimate of drug-likeness (QED) is 0.321. The van der Waals surface area contributed by atoms with Crippen LogP contribution in [0.15, 0.2) is 24.5 Å². The summed E-state index contributed by atoms with van der Waals surface area (Å²) in [6.45, 7) is 11.5. The fraction of sp³-hybridized carbons (Fsp3) is 0.643. The maximum atomic E-state index is 12.0. The van der Waals surface area contributed by atoms with E-state index in [0.29, 0.717) is 18.8 Å². The third kappa shape index (κ3) is 9.23. The van der Waals surface area contributed by atoms with Crippen molar-refractivity contribution in [3.8, 4) is 0 Å². The van der Waals surface area contributed by atoms with Gasteiger partial charge in [0.2, 0.25) is 0 Å². The second-order valence-corrected chi connectivity index (χ2v) is 11.0. The Morgan fingerprint density at radius 3 is 2.78 bits per heavy atom. The number of nitrogens with one attached hydrogen (secondary N) is 2. The Labute approximate surface area is 221 Å². The summed E-state index contributed by atoms with van der Waals surface area (Å²) in [6.07, 6.45) is 7.25. The number of nitrogens with zero attached hydrogens (tertiary/aromatic N) is 4. The highest BCUT2D eigenvalue weighted by atomic mass is 16.5. The number of aliphatic carboxylic acids is 1. The summed E-state index contributed by atoms with van der Waals surface area (Å²) in [5, 5.41) is 16.4. The summed E-state index contributed by atoms with van der Waals surface area (Å²) < 4.78 is 5.50. The van der Waals surface area contributed by atoms with E-state index in [2.05, 4.69) is 58.4 Å². The van der Waals surface area contributed by atoms with Crippen molar-refractivity contribution in [2.45, 2.75) is 83.8 Å². The average molecular weight is 513 g/mol. The van der Waals surface area contributed by atoms with Crippen molar-refractivity contribution in [1.82, 2.24) is 19.9 Å². The van der Waals surface area contributed by atoms with Gasteiger partial charge in [0.15, 0.2) is 0 Å². The predicted molar refractivity (Wildman–Crippen MR) is 147 cm³/mol. The zero-order valence-corrected chi connectivity index (χ0v) is 23.1. The van der Waals surface area contributed by atoms with E-state index in [9.17, 15) is 9.90 Å². The molecule has 1 aliphatic heterocycles. The van der Waals surface area contributed by atoms with Crippen LogP contribution in [-0.2, 0) is 27.8 Å². The van der Waals surface area contributed by atoms with Crippen LogP contribution in [0, 0.1) is 0 Å². The molecular formula is C28H44N6O3. The molecule has 0 fully saturated rings. The van der Waals surface area contributed by atoms with E-state index < -0.39 is 12.0 Å². The summed E-state index contributed by atoms with van der Waals surface area (Å²) in [7, 11) is 1.71. The minimum absolute atomic E-state index is 0.0702. The Morgan fingerprint density at radius 2 is 2.05 bits per heavy atom. The van der Waals surface area contributed by atoms with Gasteiger partial charge in [-0.15, -0.1) is 0 Å². The highest BCUT2D eigenvalue weighted by molar-refractivity contribution is 5.76. The van der Waals surface area contributed by atoms with Gasteiger partial charge in [-0.25, -0.2) is 19.7 Å². The first-order chi connectivity index (χ1) is 17.7. The van der Waals surface area contributed by atoms with Gasteiger partial charge in [-0.1, -0.05) is 26.8 Å². The van der Waals surface area contributed by atoms with Gasteiger partial charge in [-0.3, -0.25) is 0 Å². The van der Waals surface area contributed by atoms with Crippen molar-refractivity contribution in [3.05, 3.63) is 41.5 Å². The third-order valence-corrected chi connectivity index (χ3v) is 6.82. The van der Waals surface area contributed by atoms with E-state index in [1.165, 1.54) is 18.3 Å². The number of fused-ring (bicyclic) bond motifs is 1. The lowest BCUT2D eigenvalue weighted by Gasteiger charge is -2.27. The normalized spacial score (nSPS) is 15.1. The third-order valence-electron chi connectivity index (χ3n) is 6.82. The number of carbonyl (C=O) groups is 1. The number of methoxy groups -OCH3 is 1. The monoisotopic (exact) mass is 512 g/mol. The number of hydrogen-bond donors (Lipinski definition) is 3. The Balaban J connectivity index is 1.53. The molecule has 2 unspecified atom stereocenters. The fourth-order valence-electron chi connectivity index (χ4n) is 4.48. The number of carboxylic acids is 1. The van der Waals surface area contributed by atoms with Crippen LogP contribution in [0.4, 0.5) is 11.6 Å². The number of aromatic nitrogens is 3. The first-order valence-electron chi connectivity index (χ1n) is 13.5. The van der Waals surface area contributed by atoms with Gasteiger partial charge in [-0.05, 0) is 63.6 Å². The van der Waals surface area contributed by atoms with Gasteiger partial charge >= 0.3 is 5.97 Å². The molecule has 3 rings (SSSR count). The summed E-state index contributed by atoms with van der Waals surface area (Å²) >= 11 is 0. The van der Waals surface area contributed by atoms with Crippen LogP contribution in [0.2, 0.25) is 0 Å². The lowest BCUT2D eigenvalue weighted by molar-refractivity contribution is -0.138. The smallest absolute Gasteiger partial charge is 0.326 e. The highest BCUT2D eigenvalue weighted by Crippen LogP contribution is 2.22. The summed E-state index contributed by atoms with van der Waals surface area (Å²) in [5.41, 5.74) is 3.16. The predicted octanol–water partition coefficient (Wildman–Crippen LogP) is 4.14. The number of hydrogen-bond acceptors (Lipinski definition) is 8. The molecule has 0 saturated carbocycles. The van der Waals surface area contributed by atoms with Crippen LogP contribution in [0.3, 0.4) is 0 Å². The highest BCUT2D eigenvalue weighted by Gasteiger charge is 2.22. The van der Waals surface area contributed by atoms with Gasteiger partial charge in [0, 0.05) is 43.9 Å². The second-order valence-electron chi connectivity index (χ2n) is 11.0. The summed E-state index contributed by atoms with van der Waals surface area (Å²) in [5.74, 6) is 0.698. The molecule has 0 bridgehead atoms. The standard InChI is InChI=1S/C28H44N6O3/c1-20(37-5)18-34(15-7-6-10-22-12-11-21-9-8-14-29-26(21)32-22)16-13-23(27(35)36)33-25-17-24(28(2,3)4)30-19-31-25/h11-12,17,19-20,23H,6-10,13-16,18H2,1-5H3,(H,29,32)(H,35,36)(H,30,31,33). The fourth-order valence-corrected chi connectivity index (χ4v) is 4.48. The Kier molecular flexibility index (Phi) is 10.6. The van der Waals surface area contributed by atoms with Crippen LogP contribution >= 0.6 is 0 Å². The van der Waals surface area contributed by atoms with E-state index in [1.54, 1.807) is 7.11 Å². The van der Waals surface area contributed by atoms with E-state index in [1.807, 2.05) is 13.0 Å². The van der Waals surface area contributed by atoms with Gasteiger partial charge in [-0.2, -0.15) is 0 Å². The van der Waals surface area contributed by atoms with Gasteiger partial charge in [0.1, 0.15) is 24.0 Å². The SMILES string of the molecule is COC(C)CN(CCCCc1ccc2c(n1)NCCC2)CCC(Nc1cc(C(C)(C)C)ncn1)C(=O)O. The van der Waals surface area contributed by atoms with Crippen LogP contribution < -0.4 is 10.6 Å². The molecule has 204 valence electrons. The lowest BCUT2D eigenvalue weighted by Crippen LogP contribution is -2.38. The number of ether oxygens (including phenoxy) is 1. The molecule has 2 aromatic rings. The minimum atomic E-state index is -0.886.